The Balaban J connectivity index is 2.65. The van der Waals surface area contributed by atoms with Gasteiger partial charge in [-0.2, -0.15) is 0 Å². The first-order chi connectivity index (χ1) is 11.4. The first kappa shape index (κ1) is 18.3. The Morgan fingerprint density at radius 3 is 2.50 bits per heavy atom. The van der Waals surface area contributed by atoms with E-state index in [-0.39, 0.29) is 18.8 Å². The van der Waals surface area contributed by atoms with Crippen molar-refractivity contribution in [3.8, 4) is 11.3 Å². The minimum Gasteiger partial charge on any atom is -0.389 e. The molecule has 0 saturated heterocycles. The molecule has 0 atom stereocenters. The highest BCUT2D eigenvalue weighted by Gasteiger charge is 2.26. The van der Waals surface area contributed by atoms with Crippen LogP contribution in [-0.2, 0) is 17.9 Å². The van der Waals surface area contributed by atoms with Gasteiger partial charge < -0.3 is 19.5 Å². The number of benzene rings is 1. The van der Waals surface area contributed by atoms with Crippen molar-refractivity contribution in [3.05, 3.63) is 41.9 Å². The molecule has 24 heavy (non-hydrogen) atoms. The third-order valence-corrected chi connectivity index (χ3v) is 3.48. The number of Topliss-reactive ketones (excluding diaryl/α,β-unsaturated/α-hetero) is 1. The molecule has 2 rings (SSSR count). The lowest BCUT2D eigenvalue weighted by Crippen LogP contribution is -2.28. The first-order valence-electron chi connectivity index (χ1n) is 7.96. The summed E-state index contributed by atoms with van der Waals surface area (Å²) in [4.78, 5) is 16.6. The number of carbonyl (C=O) groups is 1. The highest BCUT2D eigenvalue weighted by molar-refractivity contribution is 6.00. The van der Waals surface area contributed by atoms with Gasteiger partial charge in [0.25, 0.3) is 0 Å². The summed E-state index contributed by atoms with van der Waals surface area (Å²) in [6.07, 6.45) is 0. The standard InChI is InChI=1S/C18H24N2O4/c1-4-24-11-15-19-16(14(22)10-21)17(13-8-6-5-7-9-13)20(15)12-18(2,3)23/h5-9,21,23H,4,10-12H2,1-3H3. The van der Waals surface area contributed by atoms with Gasteiger partial charge in [-0.15, -0.1) is 0 Å². The minimum atomic E-state index is -0.995. The van der Waals surface area contributed by atoms with Crippen molar-refractivity contribution in [2.24, 2.45) is 0 Å². The van der Waals surface area contributed by atoms with Crippen LogP contribution in [0.2, 0.25) is 0 Å². The van der Waals surface area contributed by atoms with Crippen molar-refractivity contribution in [2.75, 3.05) is 13.2 Å². The predicted molar refractivity (Wildman–Crippen MR) is 90.7 cm³/mol. The molecule has 130 valence electrons. The Labute approximate surface area is 141 Å². The zero-order valence-electron chi connectivity index (χ0n) is 14.3. The molecule has 0 aliphatic rings. The van der Waals surface area contributed by atoms with Crippen LogP contribution in [0.1, 0.15) is 37.1 Å². The van der Waals surface area contributed by atoms with E-state index in [1.807, 2.05) is 37.3 Å². The second-order valence-corrected chi connectivity index (χ2v) is 6.21. The van der Waals surface area contributed by atoms with Crippen molar-refractivity contribution >= 4 is 5.78 Å². The van der Waals surface area contributed by atoms with Gasteiger partial charge in [-0.05, 0) is 20.8 Å². The molecule has 2 N–H and O–H groups in total. The van der Waals surface area contributed by atoms with E-state index in [0.29, 0.717) is 18.1 Å². The molecule has 0 saturated carbocycles. The fourth-order valence-electron chi connectivity index (χ4n) is 2.52. The Kier molecular flexibility index (Phi) is 5.88. The summed E-state index contributed by atoms with van der Waals surface area (Å²) in [5.74, 6) is 0.0933. The molecule has 0 unspecified atom stereocenters. The average Bonchev–Trinajstić information content (AvgIpc) is 2.89. The summed E-state index contributed by atoms with van der Waals surface area (Å²) in [6.45, 7) is 5.64. The fraction of sp³-hybridized carbons (Fsp3) is 0.444. The van der Waals surface area contributed by atoms with E-state index in [2.05, 4.69) is 4.98 Å². The van der Waals surface area contributed by atoms with Crippen LogP contribution in [0.15, 0.2) is 30.3 Å². The van der Waals surface area contributed by atoms with Gasteiger partial charge in [-0.3, -0.25) is 4.79 Å². The van der Waals surface area contributed by atoms with Gasteiger partial charge in [0.2, 0.25) is 5.78 Å². The second-order valence-electron chi connectivity index (χ2n) is 6.21. The van der Waals surface area contributed by atoms with Crippen molar-refractivity contribution < 1.29 is 19.7 Å². The molecular formula is C18H24N2O4. The number of aliphatic hydroxyl groups is 2. The molecule has 1 aromatic heterocycles. The number of hydrogen-bond acceptors (Lipinski definition) is 5. The summed E-state index contributed by atoms with van der Waals surface area (Å²) in [5.41, 5.74) is 0.591. The van der Waals surface area contributed by atoms with Crippen LogP contribution in [0.4, 0.5) is 0 Å². The highest BCUT2D eigenvalue weighted by Crippen LogP contribution is 2.28. The first-order valence-corrected chi connectivity index (χ1v) is 7.96. The monoisotopic (exact) mass is 332 g/mol. The molecule has 2 aromatic rings. The molecule has 6 nitrogen and oxygen atoms in total. The molecule has 6 heteroatoms. The van der Waals surface area contributed by atoms with Gasteiger partial charge in [0.15, 0.2) is 0 Å². The lowest BCUT2D eigenvalue weighted by molar-refractivity contribution is 0.0574. The number of carbonyl (C=O) groups excluding carboxylic acids is 1. The molecule has 0 bridgehead atoms. The van der Waals surface area contributed by atoms with Gasteiger partial charge in [0.1, 0.15) is 24.7 Å². The topological polar surface area (TPSA) is 84.6 Å². The largest absolute Gasteiger partial charge is 0.389 e. The van der Waals surface area contributed by atoms with E-state index < -0.39 is 18.0 Å². The summed E-state index contributed by atoms with van der Waals surface area (Å²) in [7, 11) is 0. The van der Waals surface area contributed by atoms with Gasteiger partial charge >= 0.3 is 0 Å². The van der Waals surface area contributed by atoms with E-state index in [1.165, 1.54) is 0 Å². The van der Waals surface area contributed by atoms with Crippen LogP contribution in [0.5, 0.6) is 0 Å². The number of hydrogen-bond donors (Lipinski definition) is 2. The molecular weight excluding hydrogens is 308 g/mol. The maximum Gasteiger partial charge on any atom is 0.208 e. The van der Waals surface area contributed by atoms with Gasteiger partial charge in [-0.1, -0.05) is 30.3 Å². The highest BCUT2D eigenvalue weighted by atomic mass is 16.5. The van der Waals surface area contributed by atoms with Crippen molar-refractivity contribution in [1.82, 2.24) is 9.55 Å². The van der Waals surface area contributed by atoms with Crippen molar-refractivity contribution in [2.45, 2.75) is 39.5 Å². The normalized spacial score (nSPS) is 11.7. The van der Waals surface area contributed by atoms with Crippen LogP contribution < -0.4 is 0 Å². The van der Waals surface area contributed by atoms with Gasteiger partial charge in [0, 0.05) is 12.2 Å². The van der Waals surface area contributed by atoms with Crippen LogP contribution in [0.3, 0.4) is 0 Å². The maximum absolute atomic E-state index is 12.2. The zero-order valence-corrected chi connectivity index (χ0v) is 14.3. The smallest absolute Gasteiger partial charge is 0.208 e. The number of imidazole rings is 1. The number of aromatic nitrogens is 2. The molecule has 0 fully saturated rings. The number of ether oxygens (including phenoxy) is 1. The number of rotatable bonds is 8. The van der Waals surface area contributed by atoms with Crippen LogP contribution >= 0.6 is 0 Å². The molecule has 0 spiro atoms. The minimum absolute atomic E-state index is 0.197. The van der Waals surface area contributed by atoms with Gasteiger partial charge in [0.05, 0.1) is 17.8 Å². The predicted octanol–water partition coefficient (Wildman–Crippen LogP) is 2.03. The zero-order chi connectivity index (χ0) is 17.7. The van der Waals surface area contributed by atoms with Crippen LogP contribution in [0.25, 0.3) is 11.3 Å². The fourth-order valence-corrected chi connectivity index (χ4v) is 2.52. The number of aliphatic hydroxyl groups excluding tert-OH is 1. The lowest BCUT2D eigenvalue weighted by atomic mass is 10.1. The maximum atomic E-state index is 12.2. The molecule has 1 heterocycles. The summed E-state index contributed by atoms with van der Waals surface area (Å²) < 4.78 is 7.25. The second kappa shape index (κ2) is 7.70. The Hall–Kier alpha value is -2.02. The average molecular weight is 332 g/mol. The Morgan fingerprint density at radius 1 is 1.29 bits per heavy atom. The summed E-state index contributed by atoms with van der Waals surface area (Å²) in [6, 6.07) is 9.36. The van der Waals surface area contributed by atoms with Crippen molar-refractivity contribution in [1.29, 1.82) is 0 Å². The molecule has 0 aliphatic heterocycles. The third kappa shape index (κ3) is 4.29. The lowest BCUT2D eigenvalue weighted by Gasteiger charge is -2.22. The molecule has 0 aliphatic carbocycles. The van der Waals surface area contributed by atoms with Crippen molar-refractivity contribution in [3.63, 3.8) is 0 Å². The van der Waals surface area contributed by atoms with Crippen LogP contribution in [0, 0.1) is 0 Å². The summed E-state index contributed by atoms with van der Waals surface area (Å²) in [5, 5.41) is 19.6. The van der Waals surface area contributed by atoms with E-state index in [4.69, 9.17) is 4.74 Å². The Morgan fingerprint density at radius 2 is 1.96 bits per heavy atom. The third-order valence-electron chi connectivity index (χ3n) is 3.48. The SMILES string of the molecule is CCOCc1nc(C(=O)CO)c(-c2ccccc2)n1CC(C)(C)O. The van der Waals surface area contributed by atoms with E-state index in [1.54, 1.807) is 18.4 Å². The van der Waals surface area contributed by atoms with E-state index in [0.717, 1.165) is 5.56 Å². The summed E-state index contributed by atoms with van der Waals surface area (Å²) >= 11 is 0. The van der Waals surface area contributed by atoms with E-state index in [9.17, 15) is 15.0 Å². The Bertz CT molecular complexity index is 687. The number of nitrogens with zero attached hydrogens (tertiary/aromatic N) is 2. The molecule has 1 aromatic carbocycles. The molecule has 0 radical (unpaired) electrons. The number of ketones is 1. The van der Waals surface area contributed by atoms with Gasteiger partial charge in [-0.25, -0.2) is 4.98 Å². The van der Waals surface area contributed by atoms with Crippen LogP contribution in [-0.4, -0.2) is 44.4 Å². The quantitative estimate of drug-likeness (QED) is 0.723. The molecule has 0 amide bonds. The van der Waals surface area contributed by atoms with E-state index >= 15 is 0 Å².